The minimum atomic E-state index is -3.42. The first kappa shape index (κ1) is 24.2. The van der Waals surface area contributed by atoms with E-state index in [4.69, 9.17) is 22.9 Å². The third-order valence-corrected chi connectivity index (χ3v) is 12.2. The topological polar surface area (TPSA) is 83.5 Å². The highest BCUT2D eigenvalue weighted by Crippen LogP contribution is 2.51. The van der Waals surface area contributed by atoms with Crippen molar-refractivity contribution < 1.29 is 32.6 Å². The number of aliphatic hydroxyl groups is 1. The van der Waals surface area contributed by atoms with Gasteiger partial charge in [0.05, 0.1) is 31.6 Å². The largest absolute Gasteiger partial charge is 0.411 e. The van der Waals surface area contributed by atoms with Crippen LogP contribution < -0.4 is 0 Å². The molecule has 0 aromatic carbocycles. The summed E-state index contributed by atoms with van der Waals surface area (Å²) in [5.74, 6) is 0. The number of allylic oxidation sites excluding steroid dienone is 1. The highest BCUT2D eigenvalue weighted by Gasteiger charge is 2.43. The van der Waals surface area contributed by atoms with E-state index in [2.05, 4.69) is 40.4 Å². The van der Waals surface area contributed by atoms with Crippen LogP contribution in [0.1, 0.15) is 33.6 Å². The lowest BCUT2D eigenvalue weighted by Crippen LogP contribution is -2.46. The molecular formula is C19H37O7PSi. The zero-order valence-corrected chi connectivity index (χ0v) is 19.8. The average molecular weight is 437 g/mol. The molecule has 5 atom stereocenters. The lowest BCUT2D eigenvalue weighted by atomic mass is 10.2. The molecule has 0 amide bonds. The van der Waals surface area contributed by atoms with E-state index >= 15 is 0 Å². The second kappa shape index (κ2) is 9.84. The summed E-state index contributed by atoms with van der Waals surface area (Å²) >= 11 is 0. The molecular weight excluding hydrogens is 399 g/mol. The van der Waals surface area contributed by atoms with E-state index in [1.165, 1.54) is 6.08 Å². The van der Waals surface area contributed by atoms with Gasteiger partial charge in [-0.3, -0.25) is 4.57 Å². The van der Waals surface area contributed by atoms with Gasteiger partial charge in [-0.1, -0.05) is 26.8 Å². The smallest absolute Gasteiger partial charge is 0.334 e. The van der Waals surface area contributed by atoms with Gasteiger partial charge in [-0.15, -0.1) is 6.58 Å². The number of hydrogen-bond donors (Lipinski definition) is 1. The van der Waals surface area contributed by atoms with Gasteiger partial charge in [0, 0.05) is 19.6 Å². The van der Waals surface area contributed by atoms with Gasteiger partial charge in [-0.2, -0.15) is 0 Å². The quantitative estimate of drug-likeness (QED) is 0.317. The predicted octanol–water partition coefficient (Wildman–Crippen LogP) is 3.73. The van der Waals surface area contributed by atoms with Gasteiger partial charge in [0.2, 0.25) is 0 Å². The third-order valence-electron chi connectivity index (χ3n) is 5.81. The van der Waals surface area contributed by atoms with Crippen LogP contribution in [0.15, 0.2) is 12.7 Å². The third kappa shape index (κ3) is 6.22. The SMILES string of the molecule is C=CCP(=O)(OC[C@H]1OCCC1O[Si](C)(C)C(C)(C)C)OC1CCO[C@@H]1CO. The molecule has 2 fully saturated rings. The fraction of sp³-hybridized carbons (Fsp3) is 0.895. The first-order valence-corrected chi connectivity index (χ1v) is 14.7. The highest BCUT2D eigenvalue weighted by molar-refractivity contribution is 7.54. The van der Waals surface area contributed by atoms with E-state index in [1.54, 1.807) is 0 Å². The summed E-state index contributed by atoms with van der Waals surface area (Å²) in [5.41, 5.74) is 0. The van der Waals surface area contributed by atoms with Crippen molar-refractivity contribution >= 4 is 15.9 Å². The van der Waals surface area contributed by atoms with Gasteiger partial charge in [0.15, 0.2) is 8.32 Å². The summed E-state index contributed by atoms with van der Waals surface area (Å²) < 4.78 is 42.5. The standard InChI is InChI=1S/C19H37O7PSi/c1-7-12-27(21,25-15-8-10-22-17(15)13-20)24-14-18-16(9-11-23-18)26-28(5,6)19(2,3)4/h7,15-18,20H,1,8-14H2,2-6H3/t15?,16?,17-,18-,27?/m1/s1. The molecule has 7 nitrogen and oxygen atoms in total. The van der Waals surface area contributed by atoms with Crippen molar-refractivity contribution in [2.45, 2.75) is 76.2 Å². The second-order valence-electron chi connectivity index (χ2n) is 9.02. The summed E-state index contributed by atoms with van der Waals surface area (Å²) in [6, 6.07) is 0. The van der Waals surface area contributed by atoms with E-state index in [0.29, 0.717) is 19.6 Å². The summed E-state index contributed by atoms with van der Waals surface area (Å²) in [6.45, 7) is 15.7. The van der Waals surface area contributed by atoms with Crippen LogP contribution in [-0.4, -0.2) is 70.4 Å². The highest BCUT2D eigenvalue weighted by atomic mass is 31.2. The maximum absolute atomic E-state index is 13.2. The molecule has 0 saturated carbocycles. The average Bonchev–Trinajstić information content (AvgIpc) is 3.20. The lowest BCUT2D eigenvalue weighted by molar-refractivity contribution is -0.00678. The van der Waals surface area contributed by atoms with Crippen molar-refractivity contribution in [3.63, 3.8) is 0 Å². The van der Waals surface area contributed by atoms with Crippen molar-refractivity contribution in [3.05, 3.63) is 12.7 Å². The number of ether oxygens (including phenoxy) is 2. The van der Waals surface area contributed by atoms with Gasteiger partial charge in [0.25, 0.3) is 0 Å². The molecule has 2 saturated heterocycles. The van der Waals surface area contributed by atoms with Crippen LogP contribution in [0.5, 0.6) is 0 Å². The van der Waals surface area contributed by atoms with Gasteiger partial charge in [-0.25, -0.2) is 0 Å². The van der Waals surface area contributed by atoms with Crippen LogP contribution in [0.4, 0.5) is 0 Å². The summed E-state index contributed by atoms with van der Waals surface area (Å²) in [7, 11) is -5.36. The molecule has 2 heterocycles. The van der Waals surface area contributed by atoms with Crippen molar-refractivity contribution in [3.8, 4) is 0 Å². The Morgan fingerprint density at radius 2 is 1.79 bits per heavy atom. The molecule has 1 N–H and O–H groups in total. The normalized spacial score (nSPS) is 31.1. The molecule has 0 aliphatic carbocycles. The Hall–Kier alpha value is -0.0531. The van der Waals surface area contributed by atoms with Crippen LogP contribution in [0.2, 0.25) is 18.1 Å². The molecule has 0 radical (unpaired) electrons. The Kier molecular flexibility index (Phi) is 8.51. The summed E-state index contributed by atoms with van der Waals surface area (Å²) in [6.07, 6.45) is 1.75. The molecule has 9 heteroatoms. The molecule has 2 aliphatic rings. The molecule has 28 heavy (non-hydrogen) atoms. The fourth-order valence-corrected chi connectivity index (χ4v) is 6.05. The number of hydrogen-bond acceptors (Lipinski definition) is 7. The maximum atomic E-state index is 13.2. The van der Waals surface area contributed by atoms with Crippen molar-refractivity contribution in [1.29, 1.82) is 0 Å². The number of rotatable bonds is 10. The molecule has 0 aromatic rings. The second-order valence-corrected chi connectivity index (χ2v) is 15.8. The molecule has 0 spiro atoms. The van der Waals surface area contributed by atoms with Crippen molar-refractivity contribution in [2.24, 2.45) is 0 Å². The van der Waals surface area contributed by atoms with E-state index < -0.39 is 28.1 Å². The predicted molar refractivity (Wildman–Crippen MR) is 111 cm³/mol. The molecule has 164 valence electrons. The fourth-order valence-electron chi connectivity index (χ4n) is 3.07. The first-order chi connectivity index (χ1) is 13.0. The van der Waals surface area contributed by atoms with E-state index in [1.807, 2.05) is 0 Å². The van der Waals surface area contributed by atoms with E-state index in [-0.39, 0.29) is 36.6 Å². The Morgan fingerprint density at radius 3 is 2.36 bits per heavy atom. The molecule has 0 bridgehead atoms. The van der Waals surface area contributed by atoms with Crippen LogP contribution in [0.3, 0.4) is 0 Å². The van der Waals surface area contributed by atoms with Crippen LogP contribution >= 0.6 is 7.60 Å². The molecule has 0 aromatic heterocycles. The van der Waals surface area contributed by atoms with Gasteiger partial charge >= 0.3 is 7.60 Å². The minimum absolute atomic E-state index is 0.0712. The summed E-state index contributed by atoms with van der Waals surface area (Å²) in [4.78, 5) is 0. The van der Waals surface area contributed by atoms with Gasteiger partial charge < -0.3 is 28.1 Å². The Balaban J connectivity index is 1.98. The molecule has 2 aliphatic heterocycles. The van der Waals surface area contributed by atoms with Gasteiger partial charge in [0.1, 0.15) is 12.2 Å². The van der Waals surface area contributed by atoms with Crippen molar-refractivity contribution in [2.75, 3.05) is 32.6 Å². The first-order valence-electron chi connectivity index (χ1n) is 10.1. The monoisotopic (exact) mass is 436 g/mol. The summed E-state index contributed by atoms with van der Waals surface area (Å²) in [5, 5.41) is 9.49. The number of aliphatic hydroxyl groups excluding tert-OH is 1. The maximum Gasteiger partial charge on any atom is 0.334 e. The van der Waals surface area contributed by atoms with Crippen LogP contribution in [-0.2, 0) is 27.5 Å². The van der Waals surface area contributed by atoms with Crippen molar-refractivity contribution in [1.82, 2.24) is 0 Å². The van der Waals surface area contributed by atoms with Crippen LogP contribution in [0.25, 0.3) is 0 Å². The Morgan fingerprint density at radius 1 is 1.18 bits per heavy atom. The van der Waals surface area contributed by atoms with Gasteiger partial charge in [-0.05, 0) is 24.6 Å². The Labute approximate surface area is 170 Å². The van der Waals surface area contributed by atoms with Crippen LogP contribution in [0, 0.1) is 0 Å². The lowest BCUT2D eigenvalue weighted by Gasteiger charge is -2.39. The zero-order valence-electron chi connectivity index (χ0n) is 17.9. The molecule has 3 unspecified atom stereocenters. The zero-order chi connectivity index (χ0) is 21.0. The molecule has 2 rings (SSSR count). The minimum Gasteiger partial charge on any atom is -0.411 e. The Bertz CT molecular complexity index is 563. The van der Waals surface area contributed by atoms with E-state index in [0.717, 1.165) is 6.42 Å². The van der Waals surface area contributed by atoms with E-state index in [9.17, 15) is 9.67 Å².